The van der Waals surface area contributed by atoms with Gasteiger partial charge in [0.05, 0.1) is 5.92 Å². The summed E-state index contributed by atoms with van der Waals surface area (Å²) in [6, 6.07) is 4.02. The van der Waals surface area contributed by atoms with E-state index in [0.717, 1.165) is 44.6 Å². The topological polar surface area (TPSA) is 58.1 Å². The summed E-state index contributed by atoms with van der Waals surface area (Å²) < 4.78 is 0. The van der Waals surface area contributed by atoms with Gasteiger partial charge in [0.15, 0.2) is 11.0 Å². The average molecular weight is 281 g/mol. The van der Waals surface area contributed by atoms with Crippen molar-refractivity contribution in [1.29, 1.82) is 0 Å². The van der Waals surface area contributed by atoms with Crippen LogP contribution in [-0.4, -0.2) is 35.2 Å². The quantitative estimate of drug-likeness (QED) is 0.914. The number of hydrogen-bond acceptors (Lipinski definition) is 4. The van der Waals surface area contributed by atoms with Crippen LogP contribution in [0.2, 0.25) is 5.15 Å². The van der Waals surface area contributed by atoms with Gasteiger partial charge in [-0.15, -0.1) is 10.2 Å². The Bertz CT molecular complexity index is 460. The van der Waals surface area contributed by atoms with E-state index < -0.39 is 0 Å². The number of aromatic nitrogens is 2. The summed E-state index contributed by atoms with van der Waals surface area (Å²) >= 11 is 5.74. The van der Waals surface area contributed by atoms with Crippen molar-refractivity contribution in [1.82, 2.24) is 15.5 Å². The lowest BCUT2D eigenvalue weighted by Crippen LogP contribution is -2.44. The lowest BCUT2D eigenvalue weighted by molar-refractivity contribution is -0.125. The van der Waals surface area contributed by atoms with Crippen molar-refractivity contribution < 1.29 is 4.79 Å². The molecule has 1 N–H and O–H groups in total. The van der Waals surface area contributed by atoms with Gasteiger partial charge in [0.1, 0.15) is 0 Å². The standard InChI is InChI=1S/C13H17ClN4O/c14-11-5-6-12(17-16-11)18-7-1-2-9(8-18)13(19)15-10-3-4-10/h5-6,9-10H,1-4,7-8H2,(H,15,19)/t9-/m0/s1. The molecule has 3 rings (SSSR count). The Labute approximate surface area is 117 Å². The predicted molar refractivity (Wildman–Crippen MR) is 73.1 cm³/mol. The lowest BCUT2D eigenvalue weighted by Gasteiger charge is -2.32. The molecule has 1 aliphatic carbocycles. The third kappa shape index (κ3) is 3.15. The molecule has 0 aromatic carbocycles. The van der Waals surface area contributed by atoms with E-state index in [1.54, 1.807) is 6.07 Å². The number of nitrogens with zero attached hydrogens (tertiary/aromatic N) is 3. The molecule has 1 saturated carbocycles. The molecule has 1 aromatic heterocycles. The zero-order valence-corrected chi connectivity index (χ0v) is 11.4. The summed E-state index contributed by atoms with van der Waals surface area (Å²) in [6.45, 7) is 1.64. The number of rotatable bonds is 3. The van der Waals surface area contributed by atoms with Crippen molar-refractivity contribution in [3.63, 3.8) is 0 Å². The van der Waals surface area contributed by atoms with Crippen LogP contribution < -0.4 is 10.2 Å². The van der Waals surface area contributed by atoms with Crippen LogP contribution in [0.4, 0.5) is 5.82 Å². The summed E-state index contributed by atoms with van der Waals surface area (Å²) in [4.78, 5) is 14.2. The van der Waals surface area contributed by atoms with Gasteiger partial charge in [-0.1, -0.05) is 11.6 Å². The van der Waals surface area contributed by atoms with Gasteiger partial charge < -0.3 is 10.2 Å². The third-order valence-electron chi connectivity index (χ3n) is 3.66. The number of piperidine rings is 1. The number of nitrogens with one attached hydrogen (secondary N) is 1. The molecule has 0 bridgehead atoms. The van der Waals surface area contributed by atoms with Gasteiger partial charge in [0, 0.05) is 19.1 Å². The van der Waals surface area contributed by atoms with Gasteiger partial charge in [0.2, 0.25) is 5.91 Å². The van der Waals surface area contributed by atoms with Crippen molar-refractivity contribution in [2.75, 3.05) is 18.0 Å². The molecule has 1 aromatic rings. The number of amides is 1. The highest BCUT2D eigenvalue weighted by Crippen LogP contribution is 2.24. The number of anilines is 1. The fourth-order valence-corrected chi connectivity index (χ4v) is 2.52. The first kappa shape index (κ1) is 12.7. The minimum absolute atomic E-state index is 0.0619. The van der Waals surface area contributed by atoms with Crippen LogP contribution in [0.1, 0.15) is 25.7 Å². The number of hydrogen-bond donors (Lipinski definition) is 1. The highest BCUT2D eigenvalue weighted by molar-refractivity contribution is 6.29. The van der Waals surface area contributed by atoms with Crippen molar-refractivity contribution in [2.45, 2.75) is 31.7 Å². The minimum Gasteiger partial charge on any atom is -0.354 e. The molecule has 0 unspecified atom stereocenters. The van der Waals surface area contributed by atoms with Crippen LogP contribution in [0, 0.1) is 5.92 Å². The second-order valence-corrected chi connectivity index (χ2v) is 5.67. The number of carbonyl (C=O) groups is 1. The molecule has 5 nitrogen and oxygen atoms in total. The van der Waals surface area contributed by atoms with Gasteiger partial charge in [-0.25, -0.2) is 0 Å². The summed E-state index contributed by atoms with van der Waals surface area (Å²) in [5.74, 6) is 1.05. The predicted octanol–water partition coefficient (Wildman–Crippen LogP) is 1.62. The molecule has 1 saturated heterocycles. The van der Waals surface area contributed by atoms with E-state index in [2.05, 4.69) is 20.4 Å². The Morgan fingerprint density at radius 2 is 2.16 bits per heavy atom. The summed E-state index contributed by atoms with van der Waals surface area (Å²) in [5, 5.41) is 11.4. The maximum absolute atomic E-state index is 12.1. The summed E-state index contributed by atoms with van der Waals surface area (Å²) in [7, 11) is 0. The zero-order valence-electron chi connectivity index (χ0n) is 10.7. The van der Waals surface area contributed by atoms with Crippen molar-refractivity contribution in [2.24, 2.45) is 5.92 Å². The number of carbonyl (C=O) groups excluding carboxylic acids is 1. The van der Waals surface area contributed by atoms with Crippen LogP contribution in [0.5, 0.6) is 0 Å². The van der Waals surface area contributed by atoms with Gasteiger partial charge >= 0.3 is 0 Å². The lowest BCUT2D eigenvalue weighted by atomic mass is 9.97. The Hall–Kier alpha value is -1.36. The van der Waals surface area contributed by atoms with Gasteiger partial charge in [0.25, 0.3) is 0 Å². The molecule has 2 aliphatic rings. The van der Waals surface area contributed by atoms with Crippen LogP contribution in [0.3, 0.4) is 0 Å². The molecule has 1 aliphatic heterocycles. The monoisotopic (exact) mass is 280 g/mol. The minimum atomic E-state index is 0.0619. The number of halogens is 1. The Kier molecular flexibility index (Phi) is 3.55. The molecular weight excluding hydrogens is 264 g/mol. The maximum Gasteiger partial charge on any atom is 0.225 e. The first-order chi connectivity index (χ1) is 9.22. The second-order valence-electron chi connectivity index (χ2n) is 5.28. The van der Waals surface area contributed by atoms with Crippen LogP contribution >= 0.6 is 11.6 Å². The van der Waals surface area contributed by atoms with E-state index in [1.165, 1.54) is 0 Å². The van der Waals surface area contributed by atoms with E-state index in [9.17, 15) is 4.79 Å². The van der Waals surface area contributed by atoms with Crippen molar-refractivity contribution >= 4 is 23.3 Å². The molecule has 1 atom stereocenters. The molecular formula is C13H17ClN4O. The van der Waals surface area contributed by atoms with Crippen LogP contribution in [0.25, 0.3) is 0 Å². The van der Waals surface area contributed by atoms with Gasteiger partial charge in [-0.2, -0.15) is 0 Å². The normalized spacial score (nSPS) is 23.2. The fourth-order valence-electron chi connectivity index (χ4n) is 2.42. The first-order valence-corrected chi connectivity index (χ1v) is 7.15. The Morgan fingerprint density at radius 1 is 1.32 bits per heavy atom. The van der Waals surface area contributed by atoms with Gasteiger partial charge in [-0.05, 0) is 37.8 Å². The van der Waals surface area contributed by atoms with Crippen LogP contribution in [-0.2, 0) is 4.79 Å². The molecule has 2 fully saturated rings. The zero-order chi connectivity index (χ0) is 13.2. The second kappa shape index (κ2) is 5.33. The molecule has 6 heteroatoms. The summed E-state index contributed by atoms with van der Waals surface area (Å²) in [6.07, 6.45) is 4.22. The highest BCUT2D eigenvalue weighted by atomic mass is 35.5. The molecule has 0 radical (unpaired) electrons. The molecule has 1 amide bonds. The maximum atomic E-state index is 12.1. The van der Waals surface area contributed by atoms with E-state index >= 15 is 0 Å². The average Bonchev–Trinajstić information content (AvgIpc) is 3.24. The van der Waals surface area contributed by atoms with E-state index in [-0.39, 0.29) is 11.8 Å². The van der Waals surface area contributed by atoms with E-state index in [4.69, 9.17) is 11.6 Å². The van der Waals surface area contributed by atoms with Gasteiger partial charge in [-0.3, -0.25) is 4.79 Å². The van der Waals surface area contributed by atoms with E-state index in [0.29, 0.717) is 11.2 Å². The largest absolute Gasteiger partial charge is 0.354 e. The van der Waals surface area contributed by atoms with Crippen LogP contribution in [0.15, 0.2) is 12.1 Å². The molecule has 19 heavy (non-hydrogen) atoms. The van der Waals surface area contributed by atoms with Crippen molar-refractivity contribution in [3.8, 4) is 0 Å². The first-order valence-electron chi connectivity index (χ1n) is 6.77. The van der Waals surface area contributed by atoms with Crippen molar-refractivity contribution in [3.05, 3.63) is 17.3 Å². The Morgan fingerprint density at radius 3 is 2.84 bits per heavy atom. The SMILES string of the molecule is O=C(NC1CC1)[C@H]1CCCN(c2ccc(Cl)nn2)C1. The smallest absolute Gasteiger partial charge is 0.225 e. The molecule has 2 heterocycles. The fraction of sp³-hybridized carbons (Fsp3) is 0.615. The third-order valence-corrected chi connectivity index (χ3v) is 3.86. The summed E-state index contributed by atoms with van der Waals surface area (Å²) in [5.41, 5.74) is 0. The highest BCUT2D eigenvalue weighted by Gasteiger charge is 2.30. The molecule has 102 valence electrons. The Balaban J connectivity index is 1.63. The molecule has 0 spiro atoms. The van der Waals surface area contributed by atoms with E-state index in [1.807, 2.05) is 6.07 Å².